The molecule has 1 saturated carbocycles. The van der Waals surface area contributed by atoms with Gasteiger partial charge in [-0.1, -0.05) is 0 Å². The number of piperazine rings is 2. The van der Waals surface area contributed by atoms with Gasteiger partial charge in [-0.15, -0.1) is 0 Å². The molecule has 16 nitrogen and oxygen atoms in total. The summed E-state index contributed by atoms with van der Waals surface area (Å²) in [5.41, 5.74) is 4.06. The molecule has 4 amide bonds. The smallest absolute Gasteiger partial charge is 0.262 e. The van der Waals surface area contributed by atoms with Crippen LogP contribution < -0.4 is 19.9 Å². The molecule has 2 aromatic carbocycles. The summed E-state index contributed by atoms with van der Waals surface area (Å²) in [6.45, 7) is 13.7. The number of hydrogen-bond acceptors (Lipinski definition) is 13. The van der Waals surface area contributed by atoms with Crippen LogP contribution in [0.4, 0.5) is 11.5 Å². The fourth-order valence-corrected chi connectivity index (χ4v) is 8.98. The highest BCUT2D eigenvalue weighted by Gasteiger charge is 2.45. The lowest BCUT2D eigenvalue weighted by Crippen LogP contribution is -2.58. The highest BCUT2D eigenvalue weighted by Crippen LogP contribution is 2.41. The topological polar surface area (TPSA) is 163 Å². The Morgan fingerprint density at radius 1 is 0.807 bits per heavy atom. The molecule has 6 aliphatic rings. The second kappa shape index (κ2) is 14.2. The predicted octanol–water partition coefficient (Wildman–Crippen LogP) is 2.19. The molecule has 5 aliphatic heterocycles. The Bertz CT molecular complexity index is 2250. The van der Waals surface area contributed by atoms with Crippen molar-refractivity contribution in [1.82, 2.24) is 45.1 Å². The molecule has 1 unspecified atom stereocenters. The molecule has 16 heteroatoms. The van der Waals surface area contributed by atoms with E-state index in [4.69, 9.17) is 4.74 Å². The maximum Gasteiger partial charge on any atom is 0.262 e. The number of aromatic amines is 1. The van der Waals surface area contributed by atoms with E-state index in [1.54, 1.807) is 18.5 Å². The zero-order chi connectivity index (χ0) is 38.8. The van der Waals surface area contributed by atoms with Gasteiger partial charge in [0.2, 0.25) is 11.8 Å². The minimum absolute atomic E-state index is 0.0470. The van der Waals surface area contributed by atoms with Crippen molar-refractivity contribution >= 4 is 46.0 Å². The SMILES string of the molecule is CC1(Oc2ccc3[nH]nc(-c4cc(N5CCN(CN6CC(CN7CCN(c8ccc9c(c8)C(=O)N(C8CCC(=O)NC8=O)C9=O)CC7)C6)CC5)ncn4)c3c2)CC1. The summed E-state index contributed by atoms with van der Waals surface area (Å²) in [7, 11) is 0. The third-order valence-electron chi connectivity index (χ3n) is 12.6. The van der Waals surface area contributed by atoms with Crippen LogP contribution in [0.2, 0.25) is 0 Å². The molecule has 2 aromatic heterocycles. The van der Waals surface area contributed by atoms with Crippen molar-refractivity contribution < 1.29 is 23.9 Å². The molecule has 0 spiro atoms. The molecule has 4 aromatic rings. The van der Waals surface area contributed by atoms with Crippen LogP contribution in [-0.2, 0) is 9.59 Å². The number of piperidine rings is 1. The van der Waals surface area contributed by atoms with E-state index < -0.39 is 23.8 Å². The average Bonchev–Trinajstić information content (AvgIpc) is 3.69. The van der Waals surface area contributed by atoms with Crippen molar-refractivity contribution in [3.05, 3.63) is 59.9 Å². The van der Waals surface area contributed by atoms with Gasteiger partial charge in [0.05, 0.1) is 29.0 Å². The number of H-pyrrole nitrogens is 1. The van der Waals surface area contributed by atoms with Gasteiger partial charge in [0, 0.05) is 95.6 Å². The van der Waals surface area contributed by atoms with Gasteiger partial charge >= 0.3 is 0 Å². The Balaban J connectivity index is 0.670. The van der Waals surface area contributed by atoms with Gasteiger partial charge in [-0.3, -0.25) is 49.2 Å². The van der Waals surface area contributed by atoms with Crippen LogP contribution in [0.25, 0.3) is 22.3 Å². The molecule has 57 heavy (non-hydrogen) atoms. The van der Waals surface area contributed by atoms with Crippen LogP contribution in [0, 0.1) is 5.92 Å². The average molecular weight is 774 g/mol. The van der Waals surface area contributed by atoms with Gasteiger partial charge in [0.1, 0.15) is 35.2 Å². The molecule has 0 radical (unpaired) electrons. The molecule has 5 fully saturated rings. The van der Waals surface area contributed by atoms with Crippen LogP contribution in [0.5, 0.6) is 5.75 Å². The molecular formula is C41H47N11O5. The van der Waals surface area contributed by atoms with Crippen LogP contribution in [0.1, 0.15) is 53.3 Å². The first-order chi connectivity index (χ1) is 27.7. The van der Waals surface area contributed by atoms with Crippen LogP contribution in [-0.4, -0.2) is 154 Å². The van der Waals surface area contributed by atoms with E-state index in [-0.39, 0.29) is 24.3 Å². The molecule has 296 valence electrons. The standard InChI is InChI=1S/C41H47N11O5/c1-41(8-9-41)57-28-3-5-32-31(19-28)37(46-45-32)33-20-35(43-24-42-33)51-16-12-48(13-17-51)25-49-22-26(23-49)21-47-10-14-50(15-11-47)27-2-4-29-30(18-27)40(56)52(39(29)55)34-6-7-36(53)44-38(34)54/h2-5,18-20,24,26,34H,6-17,21-23,25H2,1H3,(H,45,46)(H,44,53,54). The number of nitrogens with one attached hydrogen (secondary N) is 2. The van der Waals surface area contributed by atoms with E-state index in [0.29, 0.717) is 17.0 Å². The Hall–Kier alpha value is -5.45. The number of hydrogen-bond donors (Lipinski definition) is 2. The molecule has 10 rings (SSSR count). The lowest BCUT2D eigenvalue weighted by Gasteiger charge is -2.46. The normalized spacial score (nSPS) is 23.2. The van der Waals surface area contributed by atoms with E-state index in [2.05, 4.69) is 69.0 Å². The summed E-state index contributed by atoms with van der Waals surface area (Å²) in [4.78, 5) is 73.0. The van der Waals surface area contributed by atoms with Crippen molar-refractivity contribution in [2.75, 3.05) is 88.5 Å². The molecule has 4 saturated heterocycles. The van der Waals surface area contributed by atoms with Gasteiger partial charge < -0.3 is 14.5 Å². The minimum atomic E-state index is -0.958. The number of amides is 4. The number of carbonyl (C=O) groups is 4. The van der Waals surface area contributed by atoms with Crippen molar-refractivity contribution in [2.24, 2.45) is 5.92 Å². The van der Waals surface area contributed by atoms with E-state index in [0.717, 1.165) is 136 Å². The van der Waals surface area contributed by atoms with Crippen molar-refractivity contribution in [2.45, 2.75) is 44.2 Å². The number of carbonyl (C=O) groups excluding carboxylic acids is 4. The minimum Gasteiger partial charge on any atom is -0.488 e. The molecule has 0 bridgehead atoms. The van der Waals surface area contributed by atoms with Crippen LogP contribution >= 0.6 is 0 Å². The fraction of sp³-hybridized carbons (Fsp3) is 0.488. The van der Waals surface area contributed by atoms with Crippen molar-refractivity contribution in [3.8, 4) is 17.1 Å². The summed E-state index contributed by atoms with van der Waals surface area (Å²) >= 11 is 0. The number of likely N-dealkylation sites (tertiary alicyclic amines) is 1. The largest absolute Gasteiger partial charge is 0.488 e. The van der Waals surface area contributed by atoms with Gasteiger partial charge in [0.15, 0.2) is 0 Å². The van der Waals surface area contributed by atoms with Crippen molar-refractivity contribution in [1.29, 1.82) is 0 Å². The Morgan fingerprint density at radius 2 is 1.56 bits per heavy atom. The molecule has 7 heterocycles. The van der Waals surface area contributed by atoms with Crippen LogP contribution in [0.15, 0.2) is 48.8 Å². The van der Waals surface area contributed by atoms with E-state index in [1.165, 1.54) is 0 Å². The number of rotatable bonds is 10. The maximum absolute atomic E-state index is 13.3. The highest BCUT2D eigenvalue weighted by atomic mass is 16.5. The third-order valence-corrected chi connectivity index (χ3v) is 12.6. The summed E-state index contributed by atoms with van der Waals surface area (Å²) in [6, 6.07) is 12.6. The summed E-state index contributed by atoms with van der Waals surface area (Å²) in [5, 5.41) is 11.0. The second-order valence-electron chi connectivity index (χ2n) is 16.7. The van der Waals surface area contributed by atoms with Crippen molar-refractivity contribution in [3.63, 3.8) is 0 Å². The third kappa shape index (κ3) is 6.99. The molecular weight excluding hydrogens is 727 g/mol. The first kappa shape index (κ1) is 35.9. The van der Waals surface area contributed by atoms with Gasteiger partial charge in [-0.2, -0.15) is 5.10 Å². The first-order valence-electron chi connectivity index (χ1n) is 20.2. The second-order valence-corrected chi connectivity index (χ2v) is 16.7. The summed E-state index contributed by atoms with van der Waals surface area (Å²) in [6.07, 6.45) is 4.06. The number of fused-ring (bicyclic) bond motifs is 2. The zero-order valence-electron chi connectivity index (χ0n) is 32.2. The number of benzene rings is 2. The monoisotopic (exact) mass is 773 g/mol. The fourth-order valence-electron chi connectivity index (χ4n) is 8.98. The van der Waals surface area contributed by atoms with E-state index in [9.17, 15) is 19.2 Å². The first-order valence-corrected chi connectivity index (χ1v) is 20.2. The van der Waals surface area contributed by atoms with Gasteiger partial charge in [-0.25, -0.2) is 9.97 Å². The van der Waals surface area contributed by atoms with E-state index in [1.807, 2.05) is 18.2 Å². The number of anilines is 2. The molecule has 1 aliphatic carbocycles. The number of aromatic nitrogens is 4. The molecule has 1 atom stereocenters. The maximum atomic E-state index is 13.3. The lowest BCUT2D eigenvalue weighted by atomic mass is 9.99. The summed E-state index contributed by atoms with van der Waals surface area (Å²) in [5.74, 6) is 0.517. The Kier molecular flexibility index (Phi) is 8.94. The number of nitrogens with zero attached hydrogens (tertiary/aromatic N) is 9. The Labute approximate surface area is 330 Å². The Morgan fingerprint density at radius 3 is 2.33 bits per heavy atom. The number of imide groups is 2. The van der Waals surface area contributed by atoms with Gasteiger partial charge in [-0.05, 0) is 68.5 Å². The molecule has 2 N–H and O–H groups in total. The lowest BCUT2D eigenvalue weighted by molar-refractivity contribution is -0.136. The summed E-state index contributed by atoms with van der Waals surface area (Å²) < 4.78 is 6.22. The predicted molar refractivity (Wildman–Crippen MR) is 211 cm³/mol. The zero-order valence-corrected chi connectivity index (χ0v) is 32.2. The number of ether oxygens (including phenoxy) is 1. The van der Waals surface area contributed by atoms with E-state index >= 15 is 0 Å². The quantitative estimate of drug-likeness (QED) is 0.226. The van der Waals surface area contributed by atoms with Crippen LogP contribution in [0.3, 0.4) is 0 Å². The van der Waals surface area contributed by atoms with Gasteiger partial charge in [0.25, 0.3) is 11.8 Å². The highest BCUT2D eigenvalue weighted by molar-refractivity contribution is 6.23.